The summed E-state index contributed by atoms with van der Waals surface area (Å²) >= 11 is 0. The summed E-state index contributed by atoms with van der Waals surface area (Å²) in [5, 5.41) is 3.02. The molecule has 1 aliphatic carbocycles. The van der Waals surface area contributed by atoms with Gasteiger partial charge in [-0.25, -0.2) is 9.79 Å². The molecule has 2 aliphatic heterocycles. The molecule has 7 heteroatoms. The molecule has 2 fully saturated rings. The minimum atomic E-state index is -0.744. The van der Waals surface area contributed by atoms with E-state index in [1.165, 1.54) is 12.0 Å². The fourth-order valence-corrected chi connectivity index (χ4v) is 5.24. The molecule has 7 nitrogen and oxygen atoms in total. The van der Waals surface area contributed by atoms with Crippen molar-refractivity contribution < 1.29 is 9.59 Å². The molecule has 3 atom stereocenters. The van der Waals surface area contributed by atoms with Gasteiger partial charge in [-0.15, -0.1) is 0 Å². The van der Waals surface area contributed by atoms with Crippen LogP contribution in [0.5, 0.6) is 0 Å². The monoisotopic (exact) mass is 439 g/mol. The summed E-state index contributed by atoms with van der Waals surface area (Å²) in [5.41, 5.74) is 7.58. The van der Waals surface area contributed by atoms with Crippen molar-refractivity contribution in [3.05, 3.63) is 29.8 Å². The number of rotatable bonds is 6. The Bertz CT molecular complexity index is 888. The first-order valence-corrected chi connectivity index (χ1v) is 12.0. The highest BCUT2D eigenvalue weighted by Crippen LogP contribution is 2.46. The van der Waals surface area contributed by atoms with Gasteiger partial charge in [-0.3, -0.25) is 9.69 Å². The first-order chi connectivity index (χ1) is 15.2. The van der Waals surface area contributed by atoms with Crippen LogP contribution in [0.3, 0.4) is 0 Å². The van der Waals surface area contributed by atoms with Crippen LogP contribution in [-0.4, -0.2) is 52.9 Å². The molecule has 0 bridgehead atoms. The fraction of sp³-hybridized carbons (Fsp3) is 0.640. The molecule has 2 heterocycles. The van der Waals surface area contributed by atoms with Gasteiger partial charge in [0.1, 0.15) is 5.54 Å². The highest BCUT2D eigenvalue weighted by molar-refractivity contribution is 6.06. The molecule has 1 saturated heterocycles. The van der Waals surface area contributed by atoms with E-state index in [0.717, 1.165) is 24.4 Å². The fourth-order valence-electron chi connectivity index (χ4n) is 5.24. The van der Waals surface area contributed by atoms with E-state index in [2.05, 4.69) is 43.2 Å². The standard InChI is InChI=1S/C25H37N5O2/c1-16(2)14-25(4)22(31)30(23(26)28-25)15-18-9-11-29(12-10-18)24(32)27-20-7-5-19(6-8-20)21-13-17(21)3/h5-8,16-18,21H,9-15H2,1-4H3,(H2,26,28)(H,27,32). The highest BCUT2D eigenvalue weighted by Gasteiger charge is 2.44. The highest BCUT2D eigenvalue weighted by atomic mass is 16.2. The molecule has 3 unspecified atom stereocenters. The Morgan fingerprint density at radius 1 is 1.25 bits per heavy atom. The number of anilines is 1. The molecule has 174 valence electrons. The van der Waals surface area contributed by atoms with Crippen molar-refractivity contribution in [1.29, 1.82) is 0 Å². The summed E-state index contributed by atoms with van der Waals surface area (Å²) in [4.78, 5) is 33.7. The number of guanidine groups is 1. The largest absolute Gasteiger partial charge is 0.369 e. The number of aliphatic imine (C=N–C) groups is 1. The van der Waals surface area contributed by atoms with E-state index in [1.54, 1.807) is 4.90 Å². The van der Waals surface area contributed by atoms with E-state index >= 15 is 0 Å². The van der Waals surface area contributed by atoms with Gasteiger partial charge in [-0.1, -0.05) is 32.9 Å². The van der Waals surface area contributed by atoms with Gasteiger partial charge in [0.05, 0.1) is 0 Å². The minimum Gasteiger partial charge on any atom is -0.369 e. The number of piperidine rings is 1. The number of carbonyl (C=O) groups is 2. The molecule has 0 aromatic heterocycles. The summed E-state index contributed by atoms with van der Waals surface area (Å²) in [6.07, 6.45) is 3.66. The van der Waals surface area contributed by atoms with Crippen molar-refractivity contribution in [2.24, 2.45) is 28.5 Å². The van der Waals surface area contributed by atoms with Gasteiger partial charge in [0, 0.05) is 25.3 Å². The van der Waals surface area contributed by atoms with Crippen molar-refractivity contribution >= 4 is 23.6 Å². The molecule has 4 rings (SSSR count). The zero-order chi connectivity index (χ0) is 23.0. The number of hydrogen-bond acceptors (Lipinski definition) is 4. The number of likely N-dealkylation sites (tertiary alicyclic amines) is 1. The lowest BCUT2D eigenvalue weighted by Gasteiger charge is -2.34. The van der Waals surface area contributed by atoms with Gasteiger partial charge in [-0.2, -0.15) is 0 Å². The molecule has 0 radical (unpaired) electrons. The number of hydrogen-bond donors (Lipinski definition) is 2. The van der Waals surface area contributed by atoms with E-state index in [0.29, 0.717) is 49.8 Å². The van der Waals surface area contributed by atoms with Gasteiger partial charge in [0.15, 0.2) is 5.96 Å². The van der Waals surface area contributed by atoms with E-state index in [1.807, 2.05) is 24.0 Å². The Labute approximate surface area is 191 Å². The summed E-state index contributed by atoms with van der Waals surface area (Å²) < 4.78 is 0. The number of amides is 3. The second-order valence-electron chi connectivity index (χ2n) is 10.6. The second kappa shape index (κ2) is 8.75. The van der Waals surface area contributed by atoms with Gasteiger partial charge in [0.2, 0.25) is 0 Å². The molecule has 1 aromatic rings. The normalized spacial score (nSPS) is 28.3. The Morgan fingerprint density at radius 3 is 2.44 bits per heavy atom. The Morgan fingerprint density at radius 2 is 1.88 bits per heavy atom. The first kappa shape index (κ1) is 22.6. The summed E-state index contributed by atoms with van der Waals surface area (Å²) in [6, 6.07) is 8.20. The topological polar surface area (TPSA) is 91.0 Å². The van der Waals surface area contributed by atoms with Crippen molar-refractivity contribution in [3.63, 3.8) is 0 Å². The number of nitrogens with two attached hydrogens (primary N) is 1. The van der Waals surface area contributed by atoms with Crippen LogP contribution in [0.15, 0.2) is 29.3 Å². The van der Waals surface area contributed by atoms with Crippen molar-refractivity contribution in [3.8, 4) is 0 Å². The average molecular weight is 440 g/mol. The third-order valence-electron chi connectivity index (χ3n) is 7.19. The predicted octanol–water partition coefficient (Wildman–Crippen LogP) is 4.02. The van der Waals surface area contributed by atoms with Crippen LogP contribution >= 0.6 is 0 Å². The third kappa shape index (κ3) is 4.76. The van der Waals surface area contributed by atoms with Crippen molar-refractivity contribution in [2.45, 2.75) is 64.8 Å². The predicted molar refractivity (Wildman–Crippen MR) is 127 cm³/mol. The second-order valence-corrected chi connectivity index (χ2v) is 10.6. The van der Waals surface area contributed by atoms with E-state index in [4.69, 9.17) is 5.73 Å². The zero-order valence-corrected chi connectivity index (χ0v) is 19.8. The summed E-state index contributed by atoms with van der Waals surface area (Å²) in [6.45, 7) is 10.3. The molecule has 32 heavy (non-hydrogen) atoms. The molecule has 3 amide bonds. The van der Waals surface area contributed by atoms with Gasteiger partial charge in [0.25, 0.3) is 5.91 Å². The van der Waals surface area contributed by atoms with Crippen LogP contribution in [-0.2, 0) is 4.79 Å². The number of carbonyl (C=O) groups excluding carboxylic acids is 2. The molecule has 1 aromatic carbocycles. The van der Waals surface area contributed by atoms with Gasteiger partial charge >= 0.3 is 6.03 Å². The van der Waals surface area contributed by atoms with Gasteiger partial charge in [-0.05, 0) is 74.0 Å². The van der Waals surface area contributed by atoms with E-state index in [9.17, 15) is 9.59 Å². The quantitative estimate of drug-likeness (QED) is 0.701. The van der Waals surface area contributed by atoms with E-state index in [-0.39, 0.29) is 11.9 Å². The number of urea groups is 1. The van der Waals surface area contributed by atoms with Crippen LogP contribution < -0.4 is 11.1 Å². The Hall–Kier alpha value is -2.57. The van der Waals surface area contributed by atoms with Crippen LogP contribution in [0.2, 0.25) is 0 Å². The van der Waals surface area contributed by atoms with Crippen molar-refractivity contribution in [2.75, 3.05) is 25.0 Å². The number of nitrogens with one attached hydrogen (secondary N) is 1. The molecular weight excluding hydrogens is 402 g/mol. The summed E-state index contributed by atoms with van der Waals surface area (Å²) in [7, 11) is 0. The Balaban J connectivity index is 1.25. The Kier molecular flexibility index (Phi) is 6.19. The van der Waals surface area contributed by atoms with Crippen LogP contribution in [0.1, 0.15) is 64.9 Å². The maximum absolute atomic E-state index is 13.0. The molecule has 1 saturated carbocycles. The van der Waals surface area contributed by atoms with Crippen LogP contribution in [0, 0.1) is 17.8 Å². The smallest absolute Gasteiger partial charge is 0.321 e. The number of nitrogens with zero attached hydrogens (tertiary/aromatic N) is 3. The van der Waals surface area contributed by atoms with Crippen LogP contribution in [0.25, 0.3) is 0 Å². The zero-order valence-electron chi connectivity index (χ0n) is 19.8. The maximum Gasteiger partial charge on any atom is 0.321 e. The van der Waals surface area contributed by atoms with Gasteiger partial charge < -0.3 is 16.0 Å². The maximum atomic E-state index is 13.0. The van der Waals surface area contributed by atoms with Crippen LogP contribution in [0.4, 0.5) is 10.5 Å². The van der Waals surface area contributed by atoms with E-state index < -0.39 is 5.54 Å². The number of benzene rings is 1. The van der Waals surface area contributed by atoms with Crippen molar-refractivity contribution in [1.82, 2.24) is 9.80 Å². The molecule has 3 aliphatic rings. The molecular formula is C25H37N5O2. The minimum absolute atomic E-state index is 0.00732. The third-order valence-corrected chi connectivity index (χ3v) is 7.19. The SMILES string of the molecule is CC(C)CC1(C)N=C(N)N(CC2CCN(C(=O)Nc3ccc(C4CC4C)cc3)CC2)C1=O. The summed E-state index contributed by atoms with van der Waals surface area (Å²) in [5.74, 6) is 2.49. The lowest BCUT2D eigenvalue weighted by atomic mass is 9.90. The molecule has 3 N–H and O–H groups in total. The lowest BCUT2D eigenvalue weighted by Crippen LogP contribution is -2.48. The first-order valence-electron chi connectivity index (χ1n) is 12.0. The average Bonchev–Trinajstić information content (AvgIpc) is 3.43. The molecule has 0 spiro atoms. The lowest BCUT2D eigenvalue weighted by molar-refractivity contribution is -0.131.